The van der Waals surface area contributed by atoms with Gasteiger partial charge in [-0.2, -0.15) is 24.3 Å². The van der Waals surface area contributed by atoms with Crippen molar-refractivity contribution in [2.24, 2.45) is 0 Å². The van der Waals surface area contributed by atoms with Crippen LogP contribution < -0.4 is 10.6 Å². The Bertz CT molecular complexity index is 370. The van der Waals surface area contributed by atoms with E-state index in [9.17, 15) is 0 Å². The van der Waals surface area contributed by atoms with Crippen molar-refractivity contribution in [3.63, 3.8) is 0 Å². The Kier molecular flexibility index (Phi) is 12.9. The molecule has 2 rings (SSSR count). The molecule has 0 nitrogen and oxygen atoms in total. The number of hydrogen-bond acceptors (Lipinski definition) is 0. The van der Waals surface area contributed by atoms with Gasteiger partial charge in [0.15, 0.2) is 0 Å². The molecule has 0 saturated heterocycles. The van der Waals surface area contributed by atoms with Gasteiger partial charge in [0.25, 0.3) is 0 Å². The summed E-state index contributed by atoms with van der Waals surface area (Å²) in [5.74, 6) is 0. The maximum Gasteiger partial charge on any atom is 2.00 e. The molecule has 0 aromatic heterocycles. The van der Waals surface area contributed by atoms with E-state index in [4.69, 9.17) is 0 Å². The third-order valence-corrected chi connectivity index (χ3v) is 8.66. The van der Waals surface area contributed by atoms with Crippen molar-refractivity contribution in [3.8, 4) is 0 Å². The van der Waals surface area contributed by atoms with Gasteiger partial charge in [0.2, 0.25) is 0 Å². The summed E-state index contributed by atoms with van der Waals surface area (Å²) in [5, 5.41) is 3.14. The van der Waals surface area contributed by atoms with Crippen molar-refractivity contribution >= 4 is 26.5 Å². The zero-order valence-electron chi connectivity index (χ0n) is 13.8. The molecule has 2 aromatic rings. The van der Waals surface area contributed by atoms with Crippen molar-refractivity contribution in [2.75, 3.05) is 24.6 Å². The minimum atomic E-state index is 0. The van der Waals surface area contributed by atoms with Gasteiger partial charge in [0.05, 0.1) is 0 Å². The van der Waals surface area contributed by atoms with Gasteiger partial charge in [0.1, 0.15) is 0 Å². The van der Waals surface area contributed by atoms with Gasteiger partial charge in [0, 0.05) is 0 Å². The first-order chi connectivity index (χ1) is 9.76. The predicted molar refractivity (Wildman–Crippen MR) is 99.3 cm³/mol. The van der Waals surface area contributed by atoms with E-state index in [0.717, 1.165) is 0 Å². The summed E-state index contributed by atoms with van der Waals surface area (Å²) in [7, 11) is 0.371. The van der Waals surface area contributed by atoms with Crippen LogP contribution in [0.5, 0.6) is 0 Å². The Balaban J connectivity index is 0.000000364. The van der Waals surface area contributed by atoms with E-state index in [2.05, 4.69) is 76.2 Å². The summed E-state index contributed by atoms with van der Waals surface area (Å²) in [6.07, 6.45) is 5.32. The minimum absolute atomic E-state index is 0. The van der Waals surface area contributed by atoms with Crippen LogP contribution in [0.4, 0.5) is 0 Å². The van der Waals surface area contributed by atoms with Crippen molar-refractivity contribution in [1.82, 2.24) is 0 Å². The molecule has 114 valence electrons. The van der Waals surface area contributed by atoms with Gasteiger partial charge < -0.3 is 0 Å². The van der Waals surface area contributed by atoms with Crippen molar-refractivity contribution in [3.05, 3.63) is 48.5 Å². The van der Waals surface area contributed by atoms with Gasteiger partial charge in [-0.15, -0.1) is 26.5 Å². The Morgan fingerprint density at radius 2 is 1.05 bits per heavy atom. The quantitative estimate of drug-likeness (QED) is 0.385. The van der Waals surface area contributed by atoms with Crippen LogP contribution in [-0.2, 0) is 21.7 Å². The van der Waals surface area contributed by atoms with E-state index in [1.807, 2.05) is 0 Å². The van der Waals surface area contributed by atoms with E-state index in [1.54, 1.807) is 10.6 Å². The summed E-state index contributed by atoms with van der Waals surface area (Å²) in [4.78, 5) is 0. The van der Waals surface area contributed by atoms with Crippen LogP contribution in [0.15, 0.2) is 48.5 Å². The van der Waals surface area contributed by atoms with Crippen LogP contribution in [0.25, 0.3) is 0 Å². The maximum absolute atomic E-state index is 2.28. The Morgan fingerprint density at radius 3 is 1.24 bits per heavy atom. The van der Waals surface area contributed by atoms with E-state index in [1.165, 1.54) is 24.6 Å². The summed E-state index contributed by atoms with van der Waals surface area (Å²) in [6.45, 7) is 9.12. The zero-order chi connectivity index (χ0) is 14.8. The first-order valence-corrected chi connectivity index (χ1v) is 11.1. The monoisotopic (exact) mass is 354 g/mol. The average molecular weight is 354 g/mol. The van der Waals surface area contributed by atoms with Crippen LogP contribution in [-0.4, -0.2) is 24.6 Å². The Hall–Kier alpha value is 0.274. The number of hydrogen-bond donors (Lipinski definition) is 0. The Labute approximate surface area is 148 Å². The van der Waals surface area contributed by atoms with E-state index < -0.39 is 0 Å². The second-order valence-corrected chi connectivity index (χ2v) is 10.4. The number of rotatable bonds is 6. The van der Waals surface area contributed by atoms with Crippen molar-refractivity contribution < 1.29 is 21.7 Å². The first kappa shape index (κ1) is 21.3. The van der Waals surface area contributed by atoms with Crippen molar-refractivity contribution in [1.29, 1.82) is 0 Å². The molecule has 0 radical (unpaired) electrons. The topological polar surface area (TPSA) is 0 Å². The normalized spacial score (nSPS) is 10.2. The van der Waals surface area contributed by atoms with Gasteiger partial charge >= 0.3 is 21.7 Å². The molecule has 0 saturated carbocycles. The van der Waals surface area contributed by atoms with Crippen LogP contribution in [0, 0.1) is 0 Å². The largest absolute Gasteiger partial charge is 2.00 e. The summed E-state index contributed by atoms with van der Waals surface area (Å²) in [5.41, 5.74) is 0. The molecule has 2 aromatic carbocycles. The smallest absolute Gasteiger partial charge is 0.213 e. The van der Waals surface area contributed by atoms with Crippen LogP contribution >= 0.6 is 15.8 Å². The molecule has 0 N–H and O–H groups in total. The maximum atomic E-state index is 2.28. The fourth-order valence-corrected chi connectivity index (χ4v) is 5.87. The molecule has 0 spiro atoms. The second kappa shape index (κ2) is 12.8. The predicted octanol–water partition coefficient (Wildman–Crippen LogP) is 5.10. The Morgan fingerprint density at radius 1 is 0.714 bits per heavy atom. The molecule has 3 heteroatoms. The van der Waals surface area contributed by atoms with E-state index in [-0.39, 0.29) is 37.6 Å². The molecule has 21 heavy (non-hydrogen) atoms. The summed E-state index contributed by atoms with van der Waals surface area (Å²) >= 11 is 0. The molecule has 0 aliphatic heterocycles. The molecule has 0 bridgehead atoms. The van der Waals surface area contributed by atoms with E-state index >= 15 is 0 Å². The van der Waals surface area contributed by atoms with Crippen LogP contribution in [0.1, 0.15) is 27.7 Å². The fraction of sp³-hybridized carbons (Fsp3) is 0.444. The van der Waals surface area contributed by atoms with Gasteiger partial charge in [-0.3, -0.25) is 0 Å². The molecule has 0 amide bonds. The minimum Gasteiger partial charge on any atom is -0.213 e. The molecule has 0 fully saturated rings. The van der Waals surface area contributed by atoms with Gasteiger partial charge in [-0.25, -0.2) is 24.3 Å². The van der Waals surface area contributed by atoms with E-state index in [0.29, 0.717) is 0 Å². The fourth-order valence-electron chi connectivity index (χ4n) is 2.33. The molecule has 0 atom stereocenters. The average Bonchev–Trinajstić information content (AvgIpc) is 3.15. The molecular formula is C18H28P2Ti. The van der Waals surface area contributed by atoms with Gasteiger partial charge in [-0.05, 0) is 24.6 Å². The molecular weight excluding hydrogens is 326 g/mol. The van der Waals surface area contributed by atoms with Gasteiger partial charge in [-0.1, -0.05) is 27.7 Å². The summed E-state index contributed by atoms with van der Waals surface area (Å²) < 4.78 is 0. The second-order valence-electron chi connectivity index (χ2n) is 4.63. The van der Waals surface area contributed by atoms with Crippen LogP contribution in [0.2, 0.25) is 0 Å². The standard InChI is InChI=1S/2C9H14P.Ti/c2*1-3-10(4-2)9-7-5-6-8-9;/h2*5-8H,3-4H2,1-2H3;/q2*-1;+2. The molecule has 0 aliphatic carbocycles. The molecule has 0 unspecified atom stereocenters. The first-order valence-electron chi connectivity index (χ1n) is 7.70. The molecule has 0 aliphatic rings. The summed E-state index contributed by atoms with van der Waals surface area (Å²) in [6, 6.07) is 17.5. The third-order valence-electron chi connectivity index (χ3n) is 3.55. The zero-order valence-corrected chi connectivity index (χ0v) is 17.2. The van der Waals surface area contributed by atoms with Crippen LogP contribution in [0.3, 0.4) is 0 Å². The van der Waals surface area contributed by atoms with Crippen molar-refractivity contribution in [2.45, 2.75) is 27.7 Å². The SMILES string of the molecule is CCP(CC)c1ccc[cH-]1.CCP(CC)c1ccc[cH-]1.[Ti+2]. The third kappa shape index (κ3) is 7.39. The molecule has 0 heterocycles.